The van der Waals surface area contributed by atoms with Crippen LogP contribution in [0.25, 0.3) is 10.9 Å². The summed E-state index contributed by atoms with van der Waals surface area (Å²) in [6, 6.07) is 2.22. The molecule has 0 aliphatic heterocycles. The number of aromatic nitrogens is 2. The van der Waals surface area contributed by atoms with Crippen LogP contribution >= 0.6 is 0 Å². The maximum atomic E-state index is 4.70. The topological polar surface area (TPSA) is 25.8 Å². The summed E-state index contributed by atoms with van der Waals surface area (Å²) < 4.78 is 0. The van der Waals surface area contributed by atoms with E-state index >= 15 is 0 Å². The Labute approximate surface area is 109 Å². The molecular formula is C16H22N2. The summed E-state index contributed by atoms with van der Waals surface area (Å²) in [7, 11) is 0. The monoisotopic (exact) mass is 242 g/mol. The molecule has 0 aliphatic rings. The van der Waals surface area contributed by atoms with E-state index in [0.29, 0.717) is 11.8 Å². The van der Waals surface area contributed by atoms with Gasteiger partial charge in [-0.3, -0.25) is 9.97 Å². The van der Waals surface area contributed by atoms with Crippen LogP contribution in [0.5, 0.6) is 0 Å². The Bertz CT molecular complexity index is 583. The van der Waals surface area contributed by atoms with Crippen molar-refractivity contribution in [3.63, 3.8) is 0 Å². The average molecular weight is 242 g/mol. The predicted octanol–water partition coefficient (Wildman–Crippen LogP) is 4.49. The number of nitrogens with zero attached hydrogens (tertiary/aromatic N) is 2. The fourth-order valence-electron chi connectivity index (χ4n) is 2.45. The summed E-state index contributed by atoms with van der Waals surface area (Å²) in [6.07, 6.45) is 2.02. The van der Waals surface area contributed by atoms with Gasteiger partial charge >= 0.3 is 0 Å². The van der Waals surface area contributed by atoms with Gasteiger partial charge in [0, 0.05) is 17.3 Å². The van der Waals surface area contributed by atoms with Crippen LogP contribution in [-0.4, -0.2) is 9.97 Å². The molecule has 96 valence electrons. The zero-order valence-electron chi connectivity index (χ0n) is 12.2. The maximum Gasteiger partial charge on any atom is 0.0923 e. The lowest BCUT2D eigenvalue weighted by Crippen LogP contribution is -2.02. The summed E-state index contributed by atoms with van der Waals surface area (Å²) in [4.78, 5) is 9.21. The highest BCUT2D eigenvalue weighted by molar-refractivity contribution is 5.88. The summed E-state index contributed by atoms with van der Waals surface area (Å²) in [5, 5.41) is 1.32. The van der Waals surface area contributed by atoms with Gasteiger partial charge in [-0.15, -0.1) is 0 Å². The van der Waals surface area contributed by atoms with E-state index < -0.39 is 0 Å². The van der Waals surface area contributed by atoms with Crippen LogP contribution in [0.15, 0.2) is 12.3 Å². The second-order valence-corrected chi connectivity index (χ2v) is 5.68. The van der Waals surface area contributed by atoms with Gasteiger partial charge in [-0.1, -0.05) is 27.7 Å². The maximum absolute atomic E-state index is 4.70. The zero-order chi connectivity index (χ0) is 13.4. The van der Waals surface area contributed by atoms with Crippen LogP contribution in [0, 0.1) is 13.8 Å². The zero-order valence-corrected chi connectivity index (χ0v) is 12.2. The lowest BCUT2D eigenvalue weighted by molar-refractivity contribution is 0.843. The van der Waals surface area contributed by atoms with Crippen molar-refractivity contribution in [3.05, 3.63) is 34.8 Å². The number of aryl methyl sites for hydroxylation is 2. The first-order chi connectivity index (χ1) is 8.41. The second-order valence-electron chi connectivity index (χ2n) is 5.68. The van der Waals surface area contributed by atoms with Gasteiger partial charge in [-0.2, -0.15) is 0 Å². The molecule has 0 saturated heterocycles. The molecule has 0 aromatic carbocycles. The Kier molecular flexibility index (Phi) is 3.38. The quantitative estimate of drug-likeness (QED) is 0.775. The Hall–Kier alpha value is -1.44. The fourth-order valence-corrected chi connectivity index (χ4v) is 2.45. The van der Waals surface area contributed by atoms with Gasteiger partial charge in [0.25, 0.3) is 0 Å². The molecule has 2 aromatic rings. The molecule has 2 heterocycles. The van der Waals surface area contributed by atoms with Crippen LogP contribution in [0.3, 0.4) is 0 Å². The molecular weight excluding hydrogens is 220 g/mol. The van der Waals surface area contributed by atoms with Gasteiger partial charge in [0.2, 0.25) is 0 Å². The fraction of sp³-hybridized carbons (Fsp3) is 0.500. The van der Waals surface area contributed by atoms with Gasteiger partial charge < -0.3 is 0 Å². The molecule has 0 saturated carbocycles. The van der Waals surface area contributed by atoms with Gasteiger partial charge in [0.05, 0.1) is 11.2 Å². The first-order valence-electron chi connectivity index (χ1n) is 6.68. The first kappa shape index (κ1) is 13.0. The third-order valence-electron chi connectivity index (χ3n) is 3.45. The summed E-state index contributed by atoms with van der Waals surface area (Å²) >= 11 is 0. The highest BCUT2D eigenvalue weighted by Gasteiger charge is 2.15. The summed E-state index contributed by atoms with van der Waals surface area (Å²) in [6.45, 7) is 13.0. The van der Waals surface area contributed by atoms with Gasteiger partial charge in [0.1, 0.15) is 0 Å². The van der Waals surface area contributed by atoms with E-state index in [0.717, 1.165) is 16.9 Å². The predicted molar refractivity (Wildman–Crippen MR) is 77.2 cm³/mol. The largest absolute Gasteiger partial charge is 0.259 e. The Morgan fingerprint density at radius 3 is 2.11 bits per heavy atom. The van der Waals surface area contributed by atoms with Crippen molar-refractivity contribution in [1.82, 2.24) is 9.97 Å². The summed E-state index contributed by atoms with van der Waals surface area (Å²) in [5.41, 5.74) is 5.89. The Balaban J connectivity index is 2.94. The van der Waals surface area contributed by atoms with Crippen LogP contribution in [0.4, 0.5) is 0 Å². The Morgan fingerprint density at radius 1 is 0.944 bits per heavy atom. The highest BCUT2D eigenvalue weighted by Crippen LogP contribution is 2.32. The number of pyridine rings is 2. The van der Waals surface area contributed by atoms with Crippen molar-refractivity contribution in [2.24, 2.45) is 0 Å². The number of rotatable bonds is 2. The minimum Gasteiger partial charge on any atom is -0.259 e. The van der Waals surface area contributed by atoms with E-state index in [4.69, 9.17) is 4.98 Å². The molecule has 0 aliphatic carbocycles. The Morgan fingerprint density at radius 2 is 1.56 bits per heavy atom. The molecule has 0 N–H and O–H groups in total. The molecule has 0 bridgehead atoms. The first-order valence-corrected chi connectivity index (χ1v) is 6.68. The lowest BCUT2D eigenvalue weighted by atomic mass is 9.91. The van der Waals surface area contributed by atoms with Gasteiger partial charge in [0.15, 0.2) is 0 Å². The third-order valence-corrected chi connectivity index (χ3v) is 3.45. The third kappa shape index (κ3) is 2.12. The van der Waals surface area contributed by atoms with Crippen molar-refractivity contribution >= 4 is 10.9 Å². The number of hydrogen-bond acceptors (Lipinski definition) is 2. The van der Waals surface area contributed by atoms with Crippen LogP contribution in [0.2, 0.25) is 0 Å². The minimum absolute atomic E-state index is 0.475. The van der Waals surface area contributed by atoms with E-state index in [1.807, 2.05) is 13.1 Å². The van der Waals surface area contributed by atoms with E-state index in [2.05, 4.69) is 45.7 Å². The molecule has 18 heavy (non-hydrogen) atoms. The highest BCUT2D eigenvalue weighted by atomic mass is 14.8. The SMILES string of the molecule is Cc1cc(C(C)C)c2c(C(C)C)cnc(C)c2n1. The molecule has 2 heteroatoms. The van der Waals surface area contributed by atoms with Crippen LogP contribution in [0.1, 0.15) is 62.0 Å². The van der Waals surface area contributed by atoms with Crippen molar-refractivity contribution < 1.29 is 0 Å². The van der Waals surface area contributed by atoms with Crippen LogP contribution in [-0.2, 0) is 0 Å². The molecule has 0 fully saturated rings. The molecule has 2 nitrogen and oxygen atoms in total. The molecule has 0 unspecified atom stereocenters. The summed E-state index contributed by atoms with van der Waals surface area (Å²) in [5.74, 6) is 0.983. The van der Waals surface area contributed by atoms with Crippen molar-refractivity contribution in [3.8, 4) is 0 Å². The normalized spacial score (nSPS) is 11.8. The second kappa shape index (κ2) is 4.68. The smallest absolute Gasteiger partial charge is 0.0923 e. The van der Waals surface area contributed by atoms with Crippen LogP contribution < -0.4 is 0 Å². The lowest BCUT2D eigenvalue weighted by Gasteiger charge is -2.17. The van der Waals surface area contributed by atoms with Gasteiger partial charge in [-0.05, 0) is 42.9 Å². The minimum atomic E-state index is 0.475. The van der Waals surface area contributed by atoms with Crippen molar-refractivity contribution in [1.29, 1.82) is 0 Å². The molecule has 0 amide bonds. The standard InChI is InChI=1S/C16H22N2/c1-9(2)13-7-11(5)18-16-12(6)17-8-14(10(3)4)15(13)16/h7-10H,1-6H3. The molecule has 0 spiro atoms. The average Bonchev–Trinajstić information content (AvgIpc) is 2.28. The molecule has 2 rings (SSSR count). The number of fused-ring (bicyclic) bond motifs is 1. The van der Waals surface area contributed by atoms with E-state index in [1.165, 1.54) is 16.5 Å². The molecule has 0 atom stereocenters. The van der Waals surface area contributed by atoms with Gasteiger partial charge in [-0.25, -0.2) is 0 Å². The van der Waals surface area contributed by atoms with E-state index in [-0.39, 0.29) is 0 Å². The van der Waals surface area contributed by atoms with E-state index in [1.54, 1.807) is 0 Å². The van der Waals surface area contributed by atoms with E-state index in [9.17, 15) is 0 Å². The molecule has 0 radical (unpaired) electrons. The number of hydrogen-bond donors (Lipinski definition) is 0. The van der Waals surface area contributed by atoms with Crippen molar-refractivity contribution in [2.75, 3.05) is 0 Å². The molecule has 2 aromatic heterocycles. The van der Waals surface area contributed by atoms with Crippen molar-refractivity contribution in [2.45, 2.75) is 53.4 Å².